The lowest BCUT2D eigenvalue weighted by molar-refractivity contribution is -0.385. The molecule has 0 bridgehead atoms. The SMILES string of the molecule is COc1ccc([C@H]2SCCN2C(=O)c2cc3cc(Br)ccc3oc2=O)cc1[N+](=O)[O-]. The van der Waals surface area contributed by atoms with Gasteiger partial charge < -0.3 is 14.1 Å². The van der Waals surface area contributed by atoms with Crippen LogP contribution >= 0.6 is 27.7 Å². The fraction of sp³-hybridized carbons (Fsp3) is 0.200. The molecule has 10 heteroatoms. The zero-order valence-electron chi connectivity index (χ0n) is 15.7. The molecule has 0 spiro atoms. The third-order valence-corrected chi connectivity index (χ3v) is 6.52. The van der Waals surface area contributed by atoms with E-state index in [0.717, 1.165) is 4.47 Å². The number of amides is 1. The third-order valence-electron chi connectivity index (χ3n) is 4.76. The number of rotatable bonds is 4. The van der Waals surface area contributed by atoms with E-state index in [2.05, 4.69) is 15.9 Å². The second-order valence-corrected chi connectivity index (χ2v) is 8.64. The molecule has 8 nitrogen and oxygen atoms in total. The highest BCUT2D eigenvalue weighted by molar-refractivity contribution is 9.10. The van der Waals surface area contributed by atoms with Gasteiger partial charge in [-0.05, 0) is 35.9 Å². The Morgan fingerprint density at radius 1 is 1.30 bits per heavy atom. The van der Waals surface area contributed by atoms with E-state index in [1.807, 2.05) is 0 Å². The fourth-order valence-electron chi connectivity index (χ4n) is 3.36. The minimum Gasteiger partial charge on any atom is -0.490 e. The van der Waals surface area contributed by atoms with Crippen LogP contribution in [0.1, 0.15) is 21.3 Å². The van der Waals surface area contributed by atoms with Crippen LogP contribution in [0.5, 0.6) is 5.75 Å². The fourth-order valence-corrected chi connectivity index (χ4v) is 4.98. The van der Waals surface area contributed by atoms with E-state index in [0.29, 0.717) is 28.8 Å². The van der Waals surface area contributed by atoms with Crippen LogP contribution in [0.15, 0.2) is 56.1 Å². The minimum absolute atomic E-state index is 0.0730. The number of methoxy groups -OCH3 is 1. The van der Waals surface area contributed by atoms with Gasteiger partial charge in [0, 0.05) is 28.2 Å². The Morgan fingerprint density at radius 3 is 2.83 bits per heavy atom. The van der Waals surface area contributed by atoms with Crippen LogP contribution in [0, 0.1) is 10.1 Å². The van der Waals surface area contributed by atoms with Gasteiger partial charge in [-0.25, -0.2) is 4.79 Å². The van der Waals surface area contributed by atoms with Crippen molar-refractivity contribution in [2.45, 2.75) is 5.37 Å². The quantitative estimate of drug-likeness (QED) is 0.304. The summed E-state index contributed by atoms with van der Waals surface area (Å²) < 4.78 is 11.2. The molecule has 0 radical (unpaired) electrons. The third kappa shape index (κ3) is 3.68. The number of thioether (sulfide) groups is 1. The number of benzene rings is 2. The molecule has 1 amide bonds. The van der Waals surface area contributed by atoms with Crippen LogP contribution in [-0.2, 0) is 0 Å². The van der Waals surface area contributed by atoms with E-state index in [4.69, 9.17) is 9.15 Å². The summed E-state index contributed by atoms with van der Waals surface area (Å²) in [6.45, 7) is 0.407. The van der Waals surface area contributed by atoms with Crippen molar-refractivity contribution < 1.29 is 18.9 Å². The summed E-state index contributed by atoms with van der Waals surface area (Å²) in [5, 5.41) is 11.5. The van der Waals surface area contributed by atoms with Crippen LogP contribution in [0.3, 0.4) is 0 Å². The highest BCUT2D eigenvalue weighted by Gasteiger charge is 2.34. The van der Waals surface area contributed by atoms with Gasteiger partial charge in [0.05, 0.1) is 12.0 Å². The van der Waals surface area contributed by atoms with E-state index in [1.165, 1.54) is 42.0 Å². The van der Waals surface area contributed by atoms with Crippen molar-refractivity contribution in [3.05, 3.63) is 78.6 Å². The van der Waals surface area contributed by atoms with Gasteiger partial charge in [-0.1, -0.05) is 22.0 Å². The average Bonchev–Trinajstić information content (AvgIpc) is 3.22. The average molecular weight is 491 g/mol. The first-order valence-corrected chi connectivity index (χ1v) is 10.7. The van der Waals surface area contributed by atoms with Crippen LogP contribution in [0.2, 0.25) is 0 Å². The molecule has 4 rings (SSSR count). The summed E-state index contributed by atoms with van der Waals surface area (Å²) in [6.07, 6.45) is 0. The first-order valence-electron chi connectivity index (χ1n) is 8.87. The molecular formula is C20H15BrN2O6S. The topological polar surface area (TPSA) is 103 Å². The number of nitro groups is 1. The van der Waals surface area contributed by atoms with Gasteiger partial charge in [0.25, 0.3) is 5.91 Å². The highest BCUT2D eigenvalue weighted by Crippen LogP contribution is 2.41. The number of carbonyl (C=O) groups excluding carboxylic acids is 1. The van der Waals surface area contributed by atoms with Gasteiger partial charge in [-0.3, -0.25) is 14.9 Å². The maximum Gasteiger partial charge on any atom is 0.349 e. The van der Waals surface area contributed by atoms with E-state index in [-0.39, 0.29) is 17.0 Å². The van der Waals surface area contributed by atoms with Gasteiger partial charge in [0.15, 0.2) is 5.75 Å². The zero-order chi connectivity index (χ0) is 21.4. The van der Waals surface area contributed by atoms with Crippen molar-refractivity contribution in [2.24, 2.45) is 0 Å². The summed E-state index contributed by atoms with van der Waals surface area (Å²) in [7, 11) is 1.36. The van der Waals surface area contributed by atoms with E-state index < -0.39 is 21.8 Å². The molecule has 30 heavy (non-hydrogen) atoms. The second-order valence-electron chi connectivity index (χ2n) is 6.54. The molecule has 1 atom stereocenters. The number of halogens is 1. The van der Waals surface area contributed by atoms with Crippen LogP contribution in [0.25, 0.3) is 11.0 Å². The first kappa shape index (κ1) is 20.4. The molecular weight excluding hydrogens is 476 g/mol. The Balaban J connectivity index is 1.72. The molecule has 0 saturated carbocycles. The lowest BCUT2D eigenvalue weighted by Gasteiger charge is -2.24. The molecule has 0 aliphatic carbocycles. The smallest absolute Gasteiger partial charge is 0.349 e. The molecule has 1 fully saturated rings. The Morgan fingerprint density at radius 2 is 2.10 bits per heavy atom. The largest absolute Gasteiger partial charge is 0.490 e. The number of fused-ring (bicyclic) bond motifs is 1. The number of nitrogens with zero attached hydrogens (tertiary/aromatic N) is 2. The maximum atomic E-state index is 13.2. The number of hydrogen-bond acceptors (Lipinski definition) is 7. The molecule has 1 aliphatic heterocycles. The lowest BCUT2D eigenvalue weighted by Crippen LogP contribution is -2.33. The summed E-state index contributed by atoms with van der Waals surface area (Å²) in [6, 6.07) is 11.3. The van der Waals surface area contributed by atoms with Crippen LogP contribution in [0.4, 0.5) is 5.69 Å². The van der Waals surface area contributed by atoms with E-state index in [9.17, 15) is 19.7 Å². The standard InChI is InChI=1S/C20H15BrN2O6S/c1-28-17-4-2-11(10-15(17)23(26)27)19-22(6-7-30-19)18(24)14-9-12-8-13(21)3-5-16(12)29-20(14)25/h2-5,8-10,19H,6-7H2,1H3/t19-/m1/s1. The predicted molar refractivity (Wildman–Crippen MR) is 116 cm³/mol. The van der Waals surface area contributed by atoms with Gasteiger partial charge in [-0.15, -0.1) is 11.8 Å². The summed E-state index contributed by atoms with van der Waals surface area (Å²) in [5.41, 5.74) is 0.0106. The summed E-state index contributed by atoms with van der Waals surface area (Å²) >= 11 is 4.84. The van der Waals surface area contributed by atoms with Crippen molar-refractivity contribution >= 4 is 50.3 Å². The van der Waals surface area contributed by atoms with Gasteiger partial charge in [0.2, 0.25) is 0 Å². The Kier molecular flexibility index (Phi) is 5.52. The highest BCUT2D eigenvalue weighted by atomic mass is 79.9. The Bertz CT molecular complexity index is 1230. The number of hydrogen-bond donors (Lipinski definition) is 0. The van der Waals surface area contributed by atoms with Gasteiger partial charge in [-0.2, -0.15) is 0 Å². The molecule has 0 unspecified atom stereocenters. The number of nitro benzene ring substituents is 1. The molecule has 1 aromatic heterocycles. The number of ether oxygens (including phenoxy) is 1. The van der Waals surface area contributed by atoms with E-state index >= 15 is 0 Å². The van der Waals surface area contributed by atoms with E-state index in [1.54, 1.807) is 24.3 Å². The molecule has 1 aliphatic rings. The molecule has 2 heterocycles. The van der Waals surface area contributed by atoms with Crippen molar-refractivity contribution in [1.29, 1.82) is 0 Å². The minimum atomic E-state index is -0.716. The summed E-state index contributed by atoms with van der Waals surface area (Å²) in [4.78, 5) is 38.0. The first-order chi connectivity index (χ1) is 14.4. The van der Waals surface area contributed by atoms with Crippen molar-refractivity contribution in [2.75, 3.05) is 19.4 Å². The monoisotopic (exact) mass is 490 g/mol. The summed E-state index contributed by atoms with van der Waals surface area (Å²) in [5.74, 6) is 0.310. The predicted octanol–water partition coefficient (Wildman–Crippen LogP) is 4.36. The molecule has 1 saturated heterocycles. The lowest BCUT2D eigenvalue weighted by atomic mass is 10.1. The Labute approximate surface area is 183 Å². The number of carbonyl (C=O) groups is 1. The van der Waals surface area contributed by atoms with Gasteiger partial charge in [0.1, 0.15) is 16.5 Å². The van der Waals surface area contributed by atoms with Crippen molar-refractivity contribution in [3.63, 3.8) is 0 Å². The maximum absolute atomic E-state index is 13.2. The molecule has 3 aromatic rings. The Hall–Kier alpha value is -2.85. The molecule has 2 aromatic carbocycles. The van der Waals surface area contributed by atoms with Crippen molar-refractivity contribution in [1.82, 2.24) is 4.90 Å². The van der Waals surface area contributed by atoms with Crippen LogP contribution < -0.4 is 10.4 Å². The molecule has 154 valence electrons. The van der Waals surface area contributed by atoms with Gasteiger partial charge >= 0.3 is 11.3 Å². The second kappa shape index (κ2) is 8.11. The normalized spacial score (nSPS) is 16.1. The molecule has 0 N–H and O–H groups in total. The van der Waals surface area contributed by atoms with Crippen molar-refractivity contribution in [3.8, 4) is 5.75 Å². The van der Waals surface area contributed by atoms with Crippen LogP contribution in [-0.4, -0.2) is 35.1 Å². The zero-order valence-corrected chi connectivity index (χ0v) is 18.1.